The normalized spacial score (nSPS) is 33.2. The van der Waals surface area contributed by atoms with Gasteiger partial charge in [0, 0.05) is 20.1 Å². The lowest BCUT2D eigenvalue weighted by atomic mass is 9.68. The molecule has 2 saturated carbocycles. The van der Waals surface area contributed by atoms with Crippen molar-refractivity contribution >= 4 is 6.03 Å². The number of amides is 2. The molecule has 3 heteroatoms. The topological polar surface area (TPSA) is 32.3 Å². The summed E-state index contributed by atoms with van der Waals surface area (Å²) in [5.74, 6) is 5.60. The predicted molar refractivity (Wildman–Crippen MR) is 99.8 cm³/mol. The van der Waals surface area contributed by atoms with Crippen LogP contribution in [0.15, 0.2) is 0 Å². The van der Waals surface area contributed by atoms with Gasteiger partial charge in [0.2, 0.25) is 0 Å². The zero-order valence-electron chi connectivity index (χ0n) is 16.5. The molecule has 1 saturated heterocycles. The number of rotatable bonds is 6. The van der Waals surface area contributed by atoms with E-state index in [1.54, 1.807) is 7.05 Å². The second kappa shape index (κ2) is 6.88. The van der Waals surface area contributed by atoms with Crippen LogP contribution in [0.4, 0.5) is 4.79 Å². The van der Waals surface area contributed by atoms with Crippen LogP contribution in [0.3, 0.4) is 0 Å². The molecule has 4 atom stereocenters. The number of urea groups is 1. The summed E-state index contributed by atoms with van der Waals surface area (Å²) in [6.45, 7) is 11.6. The fourth-order valence-corrected chi connectivity index (χ4v) is 6.36. The third-order valence-electron chi connectivity index (χ3n) is 6.98. The zero-order chi connectivity index (χ0) is 17.5. The molecule has 0 aromatic rings. The van der Waals surface area contributed by atoms with Crippen LogP contribution in [0.25, 0.3) is 0 Å². The van der Waals surface area contributed by atoms with Crippen LogP contribution in [-0.2, 0) is 0 Å². The minimum absolute atomic E-state index is 0.0914. The number of nitrogens with one attached hydrogen (secondary N) is 1. The molecule has 24 heavy (non-hydrogen) atoms. The van der Waals surface area contributed by atoms with Crippen molar-refractivity contribution in [2.45, 2.75) is 66.2 Å². The zero-order valence-corrected chi connectivity index (χ0v) is 16.5. The summed E-state index contributed by atoms with van der Waals surface area (Å²) in [7, 11) is 1.72. The lowest BCUT2D eigenvalue weighted by Gasteiger charge is -2.44. The molecular weight excluding hydrogens is 296 g/mol. The van der Waals surface area contributed by atoms with Crippen LogP contribution in [0.2, 0.25) is 0 Å². The molecule has 0 aromatic heterocycles. The van der Waals surface area contributed by atoms with Crippen LogP contribution in [0, 0.1) is 40.9 Å². The van der Waals surface area contributed by atoms with Crippen molar-refractivity contribution in [2.24, 2.45) is 40.9 Å². The molecule has 0 spiro atoms. The molecule has 0 aromatic carbocycles. The van der Waals surface area contributed by atoms with Crippen molar-refractivity contribution in [2.75, 3.05) is 20.1 Å². The van der Waals surface area contributed by atoms with Gasteiger partial charge >= 0.3 is 6.03 Å². The van der Waals surface area contributed by atoms with E-state index in [0.717, 1.165) is 42.7 Å². The maximum atomic E-state index is 11.6. The molecule has 2 aliphatic carbocycles. The van der Waals surface area contributed by atoms with E-state index in [1.807, 2.05) is 4.90 Å². The highest BCUT2D eigenvalue weighted by Gasteiger charge is 2.47. The van der Waals surface area contributed by atoms with Crippen molar-refractivity contribution in [3.63, 3.8) is 0 Å². The first-order valence-electron chi connectivity index (χ1n) is 10.2. The highest BCUT2D eigenvalue weighted by molar-refractivity contribution is 5.74. The molecular formula is C21H38N2O. The maximum Gasteiger partial charge on any atom is 0.317 e. The van der Waals surface area contributed by atoms with Crippen LogP contribution >= 0.6 is 0 Å². The molecule has 1 heterocycles. The van der Waals surface area contributed by atoms with E-state index in [2.05, 4.69) is 33.0 Å². The van der Waals surface area contributed by atoms with E-state index in [4.69, 9.17) is 0 Å². The first kappa shape index (κ1) is 18.1. The summed E-state index contributed by atoms with van der Waals surface area (Å²) < 4.78 is 0. The number of nitrogens with zero attached hydrogens (tertiary/aromatic N) is 1. The van der Waals surface area contributed by atoms with Gasteiger partial charge < -0.3 is 10.2 Å². The minimum atomic E-state index is 0.0914. The molecule has 4 unspecified atom stereocenters. The molecule has 3 rings (SSSR count). The van der Waals surface area contributed by atoms with Gasteiger partial charge in [0.15, 0.2) is 0 Å². The number of hydrogen-bond acceptors (Lipinski definition) is 1. The first-order chi connectivity index (χ1) is 11.3. The van der Waals surface area contributed by atoms with Crippen LogP contribution in [0.1, 0.15) is 66.2 Å². The smallest absolute Gasteiger partial charge is 0.317 e. The number of carbonyl (C=O) groups is 1. The molecule has 0 radical (unpaired) electrons. The molecule has 2 bridgehead atoms. The first-order valence-corrected chi connectivity index (χ1v) is 10.2. The maximum absolute atomic E-state index is 11.6. The second-order valence-electron chi connectivity index (χ2n) is 10.3. The van der Waals surface area contributed by atoms with Gasteiger partial charge in [0.25, 0.3) is 0 Å². The van der Waals surface area contributed by atoms with Crippen molar-refractivity contribution in [3.05, 3.63) is 0 Å². The summed E-state index contributed by atoms with van der Waals surface area (Å²) >= 11 is 0. The molecule has 1 N–H and O–H groups in total. The Hall–Kier alpha value is -0.730. The minimum Gasteiger partial charge on any atom is -0.341 e. The third-order valence-corrected chi connectivity index (χ3v) is 6.98. The van der Waals surface area contributed by atoms with E-state index in [9.17, 15) is 4.79 Å². The number of carbonyl (C=O) groups excluding carboxylic acids is 1. The van der Waals surface area contributed by atoms with Gasteiger partial charge in [-0.1, -0.05) is 27.7 Å². The van der Waals surface area contributed by atoms with Gasteiger partial charge in [0.05, 0.1) is 0 Å². The average molecular weight is 335 g/mol. The lowest BCUT2D eigenvalue weighted by Crippen LogP contribution is -2.54. The highest BCUT2D eigenvalue weighted by Crippen LogP contribution is 2.56. The van der Waals surface area contributed by atoms with Crippen molar-refractivity contribution in [1.82, 2.24) is 10.2 Å². The largest absolute Gasteiger partial charge is 0.341 e. The van der Waals surface area contributed by atoms with E-state index >= 15 is 0 Å². The van der Waals surface area contributed by atoms with Crippen molar-refractivity contribution in [3.8, 4) is 0 Å². The summed E-state index contributed by atoms with van der Waals surface area (Å²) in [5, 5.41) is 2.73. The molecule has 3 nitrogen and oxygen atoms in total. The van der Waals surface area contributed by atoms with Gasteiger partial charge in [-0.3, -0.25) is 0 Å². The monoisotopic (exact) mass is 334 g/mol. The van der Waals surface area contributed by atoms with Gasteiger partial charge in [-0.15, -0.1) is 0 Å². The second-order valence-corrected chi connectivity index (χ2v) is 10.3. The number of fused-ring (bicyclic) bond motifs is 2. The van der Waals surface area contributed by atoms with Crippen molar-refractivity contribution < 1.29 is 4.79 Å². The summed E-state index contributed by atoms with van der Waals surface area (Å²) in [6.07, 6.45) is 8.66. The van der Waals surface area contributed by atoms with E-state index in [1.165, 1.54) is 38.5 Å². The van der Waals surface area contributed by atoms with Gasteiger partial charge in [-0.25, -0.2) is 4.79 Å². The molecule has 3 fully saturated rings. The summed E-state index contributed by atoms with van der Waals surface area (Å²) in [6, 6.07) is 0.0914. The quantitative estimate of drug-likeness (QED) is 0.745. The standard InChI is InChI=1S/C21H38N2O/c1-14(2)6-17-7-15-8-18(19(17)9-15)11-21(3,4)10-16-12-23(13-16)20(24)22-5/h14-19H,6-13H2,1-5H3,(H,22,24). The van der Waals surface area contributed by atoms with E-state index in [0.29, 0.717) is 11.3 Å². The third kappa shape index (κ3) is 3.91. The SMILES string of the molecule is CNC(=O)N1CC(CC(C)(C)CC2CC3CC(CC(C)C)C2C3)C1. The average Bonchev–Trinajstić information content (AvgIpc) is 2.99. The number of hydrogen-bond donors (Lipinski definition) is 1. The Labute approximate surface area is 148 Å². The molecule has 3 aliphatic rings. The number of likely N-dealkylation sites (tertiary alicyclic amines) is 1. The Morgan fingerprint density at radius 3 is 2.38 bits per heavy atom. The Morgan fingerprint density at radius 2 is 1.79 bits per heavy atom. The molecule has 1 aliphatic heterocycles. The van der Waals surface area contributed by atoms with Crippen molar-refractivity contribution in [1.29, 1.82) is 0 Å². The summed E-state index contributed by atoms with van der Waals surface area (Å²) in [4.78, 5) is 13.6. The van der Waals surface area contributed by atoms with Gasteiger partial charge in [0.1, 0.15) is 0 Å². The molecule has 138 valence electrons. The fourth-order valence-electron chi connectivity index (χ4n) is 6.36. The Kier molecular flexibility index (Phi) is 5.18. The van der Waals surface area contributed by atoms with Gasteiger partial charge in [-0.2, -0.15) is 0 Å². The van der Waals surface area contributed by atoms with Crippen LogP contribution in [0.5, 0.6) is 0 Å². The highest BCUT2D eigenvalue weighted by atomic mass is 16.2. The fraction of sp³-hybridized carbons (Fsp3) is 0.952. The molecule has 2 amide bonds. The summed E-state index contributed by atoms with van der Waals surface area (Å²) in [5.41, 5.74) is 0.428. The van der Waals surface area contributed by atoms with Gasteiger partial charge in [-0.05, 0) is 79.4 Å². The predicted octanol–water partition coefficient (Wildman–Crippen LogP) is 4.77. The Balaban J connectivity index is 1.48. The van der Waals surface area contributed by atoms with Crippen LogP contribution in [-0.4, -0.2) is 31.1 Å². The van der Waals surface area contributed by atoms with Crippen LogP contribution < -0.4 is 5.32 Å². The Bertz CT molecular complexity index is 453. The van der Waals surface area contributed by atoms with E-state index < -0.39 is 0 Å². The van der Waals surface area contributed by atoms with E-state index in [-0.39, 0.29) is 6.03 Å². The lowest BCUT2D eigenvalue weighted by molar-refractivity contribution is 0.0707. The Morgan fingerprint density at radius 1 is 1.12 bits per heavy atom.